The Morgan fingerprint density at radius 1 is 0.744 bits per heavy atom. The molecule has 0 unspecified atom stereocenters. The first-order valence-electron chi connectivity index (χ1n) is 24.2. The van der Waals surface area contributed by atoms with E-state index in [9.17, 15) is 55.0 Å². The number of amides is 4. The number of rotatable bonds is 18. The standard InChI is InChI=1S/C52H58F9N9O8/c1-49(2,51(56,57)58)43(65-47(74)76-5)45(72)64-40(21-31-10-7-30(8-11-31)9-12-32-13-16-42(63-24-32)69-19-17-68(18-20-69)35-28-78-29-35)41(71)27-70(67-46(73)44(66-48(75)77-6)50(3,4)52(59,60)61)26-36-37(54)22-33(23-38(36)55)39-15-14-34(53)25-62-39/h7-8,10-11,13-16,22-25,35,40-41,43-44,71H,17-21,26-29H2,1-6H3,(H,64,72)(H,65,74)(H,66,75)(H,67,73)/t40-,41-,43+,44+/m0/s1. The zero-order valence-corrected chi connectivity index (χ0v) is 43.1. The van der Waals surface area contributed by atoms with Crippen LogP contribution in [0.2, 0.25) is 0 Å². The molecule has 2 aromatic carbocycles. The summed E-state index contributed by atoms with van der Waals surface area (Å²) in [5, 5.41) is 18.6. The van der Waals surface area contributed by atoms with Crippen molar-refractivity contribution in [3.8, 4) is 23.1 Å². The number of carbonyl (C=O) groups excluding carboxylic acids is 4. The minimum atomic E-state index is -5.21. The number of hydrazine groups is 1. The van der Waals surface area contributed by atoms with Crippen LogP contribution in [0.5, 0.6) is 0 Å². The summed E-state index contributed by atoms with van der Waals surface area (Å²) in [5.74, 6) is 0.204. The first-order chi connectivity index (χ1) is 36.6. The van der Waals surface area contributed by atoms with Crippen molar-refractivity contribution in [3.05, 3.63) is 113 Å². The van der Waals surface area contributed by atoms with Gasteiger partial charge in [0, 0.05) is 67.7 Å². The van der Waals surface area contributed by atoms with Crippen molar-refractivity contribution < 1.29 is 78.0 Å². The van der Waals surface area contributed by atoms with Gasteiger partial charge in [-0.25, -0.2) is 32.8 Å². The zero-order valence-electron chi connectivity index (χ0n) is 43.1. The number of aliphatic hydroxyl groups is 1. The highest BCUT2D eigenvalue weighted by atomic mass is 19.4. The van der Waals surface area contributed by atoms with Crippen LogP contribution in [0.3, 0.4) is 0 Å². The van der Waals surface area contributed by atoms with Crippen molar-refractivity contribution in [2.45, 2.75) is 83.3 Å². The Morgan fingerprint density at radius 2 is 1.29 bits per heavy atom. The number of nitrogens with one attached hydrogen (secondary N) is 4. The van der Waals surface area contributed by atoms with E-state index >= 15 is 8.78 Å². The predicted molar refractivity (Wildman–Crippen MR) is 263 cm³/mol. The second kappa shape index (κ2) is 25.1. The normalized spacial score (nSPS) is 16.1. The number of piperazine rings is 1. The van der Waals surface area contributed by atoms with Crippen LogP contribution in [0, 0.1) is 40.1 Å². The van der Waals surface area contributed by atoms with E-state index in [1.165, 1.54) is 12.1 Å². The summed E-state index contributed by atoms with van der Waals surface area (Å²) >= 11 is 0. The van der Waals surface area contributed by atoms with Crippen molar-refractivity contribution in [2.24, 2.45) is 10.8 Å². The number of aromatic nitrogens is 2. The molecule has 0 radical (unpaired) electrons. The fourth-order valence-electron chi connectivity index (χ4n) is 8.26. The van der Waals surface area contributed by atoms with Crippen LogP contribution in [-0.4, -0.2) is 152 Å². The molecule has 2 aliphatic rings. The second-order valence-electron chi connectivity index (χ2n) is 19.7. The quantitative estimate of drug-likeness (QED) is 0.0440. The van der Waals surface area contributed by atoms with E-state index < -0.39 is 114 Å². The molecule has 0 bridgehead atoms. The Hall–Kier alpha value is -7.21. The fourth-order valence-corrected chi connectivity index (χ4v) is 8.26. The van der Waals surface area contributed by atoms with Crippen molar-refractivity contribution in [1.82, 2.24) is 41.3 Å². The number of anilines is 1. The number of hydrogen-bond acceptors (Lipinski definition) is 13. The van der Waals surface area contributed by atoms with Gasteiger partial charge in [0.1, 0.15) is 35.4 Å². The molecule has 26 heteroatoms. The number of nitrogens with zero attached hydrogens (tertiary/aromatic N) is 5. The number of carbonyl (C=O) groups is 4. The van der Waals surface area contributed by atoms with E-state index in [0.29, 0.717) is 55.4 Å². The highest BCUT2D eigenvalue weighted by molar-refractivity contribution is 5.87. The maximum Gasteiger partial charge on any atom is 0.407 e. The molecule has 6 rings (SSSR count). The molecule has 4 amide bonds. The average molecular weight is 1110 g/mol. The smallest absolute Gasteiger partial charge is 0.407 e. The number of halogens is 9. The van der Waals surface area contributed by atoms with Crippen LogP contribution < -0.4 is 26.3 Å². The molecule has 422 valence electrons. The number of aliphatic hydroxyl groups excluding tert-OH is 1. The van der Waals surface area contributed by atoms with Crippen LogP contribution in [0.15, 0.2) is 73.1 Å². The lowest BCUT2D eigenvalue weighted by atomic mass is 9.82. The minimum absolute atomic E-state index is 0.0809. The zero-order chi connectivity index (χ0) is 57.3. The van der Waals surface area contributed by atoms with Gasteiger partial charge in [-0.15, -0.1) is 0 Å². The first kappa shape index (κ1) is 60.0. The number of ether oxygens (including phenoxy) is 3. The van der Waals surface area contributed by atoms with Crippen LogP contribution >= 0.6 is 0 Å². The topological polar surface area (TPSA) is 200 Å². The molecule has 2 fully saturated rings. The van der Waals surface area contributed by atoms with Gasteiger partial charge in [-0.05, 0) is 88.2 Å². The van der Waals surface area contributed by atoms with Gasteiger partial charge in [-0.2, -0.15) is 26.3 Å². The Morgan fingerprint density at radius 3 is 1.78 bits per heavy atom. The lowest BCUT2D eigenvalue weighted by molar-refractivity contribution is -0.221. The summed E-state index contributed by atoms with van der Waals surface area (Å²) in [6, 6.07) is 7.15. The second-order valence-corrected chi connectivity index (χ2v) is 19.7. The number of alkyl halides is 6. The molecule has 2 aromatic heterocycles. The van der Waals surface area contributed by atoms with E-state index in [1.807, 2.05) is 17.4 Å². The number of benzene rings is 2. The van der Waals surface area contributed by atoms with Gasteiger partial charge in [0.15, 0.2) is 0 Å². The Kier molecular flexibility index (Phi) is 19.3. The highest BCUT2D eigenvalue weighted by Crippen LogP contribution is 2.42. The van der Waals surface area contributed by atoms with Gasteiger partial charge in [0.2, 0.25) is 5.91 Å². The molecule has 2 saturated heterocycles. The average Bonchev–Trinajstić information content (AvgIpc) is 3.38. The van der Waals surface area contributed by atoms with Crippen molar-refractivity contribution >= 4 is 29.8 Å². The van der Waals surface area contributed by atoms with Crippen molar-refractivity contribution in [3.63, 3.8) is 0 Å². The summed E-state index contributed by atoms with van der Waals surface area (Å²) in [4.78, 5) is 65.7. The molecular formula is C52H58F9N9O8. The van der Waals surface area contributed by atoms with Gasteiger partial charge in [-0.3, -0.25) is 24.9 Å². The van der Waals surface area contributed by atoms with Gasteiger partial charge in [0.05, 0.1) is 68.3 Å². The van der Waals surface area contributed by atoms with Crippen LogP contribution in [0.25, 0.3) is 11.3 Å². The monoisotopic (exact) mass is 1110 g/mol. The fraction of sp³-hybridized carbons (Fsp3) is 0.462. The van der Waals surface area contributed by atoms with Crippen LogP contribution in [-0.2, 0) is 36.8 Å². The van der Waals surface area contributed by atoms with Crippen molar-refractivity contribution in [2.75, 3.05) is 65.1 Å². The molecular weight excluding hydrogens is 1050 g/mol. The number of pyridine rings is 2. The predicted octanol–water partition coefficient (Wildman–Crippen LogP) is 6.03. The molecule has 0 spiro atoms. The van der Waals surface area contributed by atoms with Crippen molar-refractivity contribution in [1.29, 1.82) is 0 Å². The van der Waals surface area contributed by atoms with Gasteiger partial charge in [-0.1, -0.05) is 24.0 Å². The van der Waals surface area contributed by atoms with Crippen LogP contribution in [0.1, 0.15) is 49.9 Å². The number of methoxy groups -OCH3 is 2. The summed E-state index contributed by atoms with van der Waals surface area (Å²) in [7, 11) is 1.63. The Labute approximate surface area is 443 Å². The van der Waals surface area contributed by atoms with E-state index in [1.54, 1.807) is 23.6 Å². The summed E-state index contributed by atoms with van der Waals surface area (Å²) in [5.41, 5.74) is -3.84. The Bertz CT molecular complexity index is 2780. The lowest BCUT2D eigenvalue weighted by Crippen LogP contribution is -2.63. The SMILES string of the molecule is COC(=O)N[C@H](C(=O)N[C@@H](Cc1ccc(C#Cc2ccc(N3CCN(C4COC4)CC3)nc2)cc1)[C@@H](O)CN(Cc1c(F)cc(-c2ccc(F)cn2)cc1F)NC(=O)[C@@H](NC(=O)OC)C(C)(C)C(F)(F)F)C(C)(C)C(F)(F)F. The maximum atomic E-state index is 16.0. The molecule has 5 N–H and O–H groups in total. The number of hydrogen-bond donors (Lipinski definition) is 5. The summed E-state index contributed by atoms with van der Waals surface area (Å²) < 4.78 is 147. The minimum Gasteiger partial charge on any atom is -0.453 e. The third-order valence-electron chi connectivity index (χ3n) is 13.6. The summed E-state index contributed by atoms with van der Waals surface area (Å²) in [6.07, 6.45) is -13.5. The lowest BCUT2D eigenvalue weighted by Gasteiger charge is -2.42. The van der Waals surface area contributed by atoms with Gasteiger partial charge in [0.25, 0.3) is 5.91 Å². The van der Waals surface area contributed by atoms with Gasteiger partial charge >= 0.3 is 24.5 Å². The van der Waals surface area contributed by atoms with E-state index in [0.717, 1.165) is 89.9 Å². The molecule has 4 heterocycles. The third kappa shape index (κ3) is 14.9. The molecule has 4 atom stereocenters. The van der Waals surface area contributed by atoms with Gasteiger partial charge < -0.3 is 40.2 Å². The molecule has 0 aliphatic carbocycles. The third-order valence-corrected chi connectivity index (χ3v) is 13.6. The largest absolute Gasteiger partial charge is 0.453 e. The summed E-state index contributed by atoms with van der Waals surface area (Å²) in [6.45, 7) is 4.97. The Balaban J connectivity index is 1.32. The number of alkyl carbamates (subject to hydrolysis) is 2. The molecule has 78 heavy (non-hydrogen) atoms. The maximum absolute atomic E-state index is 16.0. The molecule has 4 aromatic rings. The highest BCUT2D eigenvalue weighted by Gasteiger charge is 2.57. The molecule has 0 saturated carbocycles. The van der Waals surface area contributed by atoms with E-state index in [4.69, 9.17) is 4.74 Å². The van der Waals surface area contributed by atoms with E-state index in [-0.39, 0.29) is 11.3 Å². The van der Waals surface area contributed by atoms with E-state index in [2.05, 4.69) is 51.8 Å². The molecule has 17 nitrogen and oxygen atoms in total. The molecule has 2 aliphatic heterocycles. The first-order valence-corrected chi connectivity index (χ1v) is 24.2. The van der Waals surface area contributed by atoms with Crippen LogP contribution in [0.4, 0.5) is 54.9 Å².